The van der Waals surface area contributed by atoms with Crippen LogP contribution in [0.15, 0.2) is 163 Å². The molecule has 0 radical (unpaired) electrons. The summed E-state index contributed by atoms with van der Waals surface area (Å²) >= 11 is 0. The zero-order valence-electron chi connectivity index (χ0n) is 24.4. The van der Waals surface area contributed by atoms with Crippen LogP contribution in [0.3, 0.4) is 0 Å². The van der Waals surface area contributed by atoms with Gasteiger partial charge in [0, 0.05) is 32.7 Å². The Hall–Kier alpha value is -6.07. The van der Waals surface area contributed by atoms with Crippen LogP contribution in [0.2, 0.25) is 0 Å². The standard InChI is InChI=1S/C40H27N3O2/c1-41-40(33-23-29(27-14-6-3-7-15-27)24-37-38(33)31-17-9-11-19-35(31)45-37)43-39(42-25-26-12-4-2-5-13-26)28-20-21-36-32(22-28)30-16-8-10-18-34(30)44-36/h2-24H,1,25H2/b42-39-,43-40-. The minimum absolute atomic E-state index is 0.461. The molecule has 0 unspecified atom stereocenters. The van der Waals surface area contributed by atoms with Gasteiger partial charge in [-0.1, -0.05) is 97.1 Å². The fourth-order valence-electron chi connectivity index (χ4n) is 5.92. The Kier molecular flexibility index (Phi) is 6.61. The van der Waals surface area contributed by atoms with Gasteiger partial charge < -0.3 is 8.83 Å². The van der Waals surface area contributed by atoms with Gasteiger partial charge in [0.25, 0.3) is 0 Å². The van der Waals surface area contributed by atoms with Crippen molar-refractivity contribution < 1.29 is 8.83 Å². The van der Waals surface area contributed by atoms with E-state index in [0.29, 0.717) is 18.2 Å². The van der Waals surface area contributed by atoms with E-state index in [2.05, 4.69) is 66.3 Å². The second-order valence-electron chi connectivity index (χ2n) is 10.9. The maximum Gasteiger partial charge on any atom is 0.161 e. The van der Waals surface area contributed by atoms with Gasteiger partial charge in [0.2, 0.25) is 0 Å². The van der Waals surface area contributed by atoms with Crippen molar-refractivity contribution in [3.8, 4) is 11.1 Å². The molecule has 8 rings (SSSR count). The Morgan fingerprint density at radius 3 is 1.96 bits per heavy atom. The molecule has 0 atom stereocenters. The number of hydrogen-bond acceptors (Lipinski definition) is 3. The highest BCUT2D eigenvalue weighted by atomic mass is 16.3. The van der Waals surface area contributed by atoms with Gasteiger partial charge in [-0.2, -0.15) is 0 Å². The average molecular weight is 582 g/mol. The molecule has 0 spiro atoms. The molecule has 0 fully saturated rings. The van der Waals surface area contributed by atoms with E-state index in [4.69, 9.17) is 18.8 Å². The van der Waals surface area contributed by atoms with E-state index in [1.807, 2.05) is 84.9 Å². The van der Waals surface area contributed by atoms with Crippen LogP contribution in [-0.4, -0.2) is 18.4 Å². The fraction of sp³-hybridized carbons (Fsp3) is 0.0250. The van der Waals surface area contributed by atoms with Crippen LogP contribution < -0.4 is 0 Å². The van der Waals surface area contributed by atoms with E-state index < -0.39 is 0 Å². The van der Waals surface area contributed by atoms with E-state index in [1.54, 1.807) is 0 Å². The Balaban J connectivity index is 1.35. The number of benzene rings is 6. The van der Waals surface area contributed by atoms with Crippen LogP contribution >= 0.6 is 0 Å². The van der Waals surface area contributed by atoms with Crippen LogP contribution in [0, 0.1) is 0 Å². The van der Waals surface area contributed by atoms with E-state index in [0.717, 1.165) is 71.7 Å². The molecule has 6 aromatic carbocycles. The van der Waals surface area contributed by atoms with Gasteiger partial charge in [-0.15, -0.1) is 0 Å². The summed E-state index contributed by atoms with van der Waals surface area (Å²) < 4.78 is 12.5. The second-order valence-corrected chi connectivity index (χ2v) is 10.9. The van der Waals surface area contributed by atoms with Gasteiger partial charge in [-0.05, 0) is 65.9 Å². The summed E-state index contributed by atoms with van der Waals surface area (Å²) in [5, 5.41) is 3.99. The first-order valence-electron chi connectivity index (χ1n) is 14.8. The molecule has 214 valence electrons. The van der Waals surface area contributed by atoms with Crippen molar-refractivity contribution >= 4 is 62.3 Å². The zero-order valence-corrected chi connectivity index (χ0v) is 24.4. The van der Waals surface area contributed by atoms with Crippen LogP contribution in [0.1, 0.15) is 16.7 Å². The number of nitrogens with zero attached hydrogens (tertiary/aromatic N) is 3. The number of furan rings is 2. The van der Waals surface area contributed by atoms with Gasteiger partial charge in [0.15, 0.2) is 11.7 Å². The van der Waals surface area contributed by atoms with Gasteiger partial charge in [0.1, 0.15) is 22.3 Å². The lowest BCUT2D eigenvalue weighted by atomic mass is 9.98. The lowest BCUT2D eigenvalue weighted by molar-refractivity contribution is 0.668. The molecule has 5 heteroatoms. The minimum Gasteiger partial charge on any atom is -0.456 e. The summed E-state index contributed by atoms with van der Waals surface area (Å²) in [4.78, 5) is 14.7. The quantitative estimate of drug-likeness (QED) is 0.150. The monoisotopic (exact) mass is 581 g/mol. The maximum absolute atomic E-state index is 6.37. The van der Waals surface area contributed by atoms with Gasteiger partial charge >= 0.3 is 0 Å². The molecule has 5 nitrogen and oxygen atoms in total. The highest BCUT2D eigenvalue weighted by molar-refractivity contribution is 6.23. The number of para-hydroxylation sites is 2. The molecule has 8 aromatic rings. The third-order valence-corrected chi connectivity index (χ3v) is 8.08. The molecule has 0 aliphatic rings. The largest absolute Gasteiger partial charge is 0.456 e. The molecule has 45 heavy (non-hydrogen) atoms. The van der Waals surface area contributed by atoms with Crippen LogP contribution in [-0.2, 0) is 6.54 Å². The first kappa shape index (κ1) is 26.5. The fourth-order valence-corrected chi connectivity index (χ4v) is 5.92. The van der Waals surface area contributed by atoms with Crippen molar-refractivity contribution in [2.45, 2.75) is 6.54 Å². The predicted octanol–water partition coefficient (Wildman–Crippen LogP) is 10.2. The first-order chi connectivity index (χ1) is 22.2. The molecule has 0 saturated carbocycles. The molecule has 0 amide bonds. The van der Waals surface area contributed by atoms with Crippen molar-refractivity contribution in [2.24, 2.45) is 15.0 Å². The van der Waals surface area contributed by atoms with Crippen LogP contribution in [0.25, 0.3) is 55.0 Å². The highest BCUT2D eigenvalue weighted by Crippen LogP contribution is 2.36. The number of aliphatic imine (C=N–C) groups is 3. The Morgan fingerprint density at radius 1 is 0.533 bits per heavy atom. The van der Waals surface area contributed by atoms with Gasteiger partial charge in [-0.25, -0.2) is 9.98 Å². The lowest BCUT2D eigenvalue weighted by Gasteiger charge is -2.10. The highest BCUT2D eigenvalue weighted by Gasteiger charge is 2.18. The summed E-state index contributed by atoms with van der Waals surface area (Å²) in [5.41, 5.74) is 8.07. The Bertz CT molecular complexity index is 2420. The molecule has 0 aliphatic carbocycles. The number of fused-ring (bicyclic) bond motifs is 6. The SMILES string of the molecule is C=N/C(=N\C(=N/Cc1ccccc1)c1ccc2oc3ccccc3c2c1)c1cc(-c2ccccc2)cc2oc3ccccc3c12. The van der Waals surface area contributed by atoms with Crippen molar-refractivity contribution in [3.63, 3.8) is 0 Å². The topological polar surface area (TPSA) is 63.4 Å². The normalized spacial score (nSPS) is 12.4. The molecular formula is C40H27N3O2. The maximum atomic E-state index is 6.37. The van der Waals surface area contributed by atoms with Crippen molar-refractivity contribution in [2.75, 3.05) is 0 Å². The molecule has 0 aliphatic heterocycles. The van der Waals surface area contributed by atoms with E-state index in [1.165, 1.54) is 0 Å². The van der Waals surface area contributed by atoms with Crippen molar-refractivity contribution in [1.82, 2.24) is 0 Å². The summed E-state index contributed by atoms with van der Waals surface area (Å²) in [6.45, 7) is 4.44. The molecule has 0 N–H and O–H groups in total. The van der Waals surface area contributed by atoms with Gasteiger partial charge in [-0.3, -0.25) is 4.99 Å². The van der Waals surface area contributed by atoms with E-state index in [-0.39, 0.29) is 0 Å². The summed E-state index contributed by atoms with van der Waals surface area (Å²) in [6.07, 6.45) is 0. The average Bonchev–Trinajstić information content (AvgIpc) is 3.67. The number of hydrogen-bond donors (Lipinski definition) is 0. The minimum atomic E-state index is 0.461. The summed E-state index contributed by atoms with van der Waals surface area (Å²) in [6, 6.07) is 46.8. The third kappa shape index (κ3) is 4.90. The van der Waals surface area contributed by atoms with Gasteiger partial charge in [0.05, 0.1) is 6.54 Å². The molecule has 0 bridgehead atoms. The zero-order chi connectivity index (χ0) is 30.2. The Labute approximate surface area is 259 Å². The van der Waals surface area contributed by atoms with Crippen molar-refractivity contribution in [1.29, 1.82) is 0 Å². The second kappa shape index (κ2) is 11.2. The first-order valence-corrected chi connectivity index (χ1v) is 14.8. The summed E-state index contributed by atoms with van der Waals surface area (Å²) in [5.74, 6) is 1.02. The smallest absolute Gasteiger partial charge is 0.161 e. The van der Waals surface area contributed by atoms with Crippen LogP contribution in [0.5, 0.6) is 0 Å². The lowest BCUT2D eigenvalue weighted by Crippen LogP contribution is -2.06. The molecule has 2 heterocycles. The number of rotatable bonds is 5. The van der Waals surface area contributed by atoms with Crippen molar-refractivity contribution in [3.05, 3.63) is 156 Å². The van der Waals surface area contributed by atoms with E-state index >= 15 is 0 Å². The Morgan fingerprint density at radius 2 is 1.18 bits per heavy atom. The number of amidine groups is 2. The summed E-state index contributed by atoms with van der Waals surface area (Å²) in [7, 11) is 0. The molecule has 0 saturated heterocycles. The third-order valence-electron chi connectivity index (χ3n) is 8.08. The predicted molar refractivity (Wildman–Crippen MR) is 186 cm³/mol. The molecular weight excluding hydrogens is 554 g/mol. The molecule has 2 aromatic heterocycles. The van der Waals surface area contributed by atoms with Crippen LogP contribution in [0.4, 0.5) is 0 Å². The van der Waals surface area contributed by atoms with E-state index in [9.17, 15) is 0 Å².